The normalized spacial score (nSPS) is 14.6. The van der Waals surface area contributed by atoms with E-state index in [1.165, 1.54) is 17.8 Å². The Labute approximate surface area is 158 Å². The van der Waals surface area contributed by atoms with Gasteiger partial charge in [0.25, 0.3) is 0 Å². The summed E-state index contributed by atoms with van der Waals surface area (Å²) in [5.41, 5.74) is 0.471. The highest BCUT2D eigenvalue weighted by atomic mass is 19.4. The molecule has 3 aromatic rings. The minimum atomic E-state index is -4.51. The molecule has 1 fully saturated rings. The number of hydrogen-bond donors (Lipinski definition) is 1. The first kappa shape index (κ1) is 18.5. The number of carbonyl (C=O) groups is 1. The van der Waals surface area contributed by atoms with Crippen molar-refractivity contribution >= 4 is 22.6 Å². The summed E-state index contributed by atoms with van der Waals surface area (Å²) in [6.07, 6.45) is 0.324. The quantitative estimate of drug-likeness (QED) is 0.721. The van der Waals surface area contributed by atoms with Crippen molar-refractivity contribution in [3.8, 4) is 0 Å². The molecule has 0 radical (unpaired) electrons. The van der Waals surface area contributed by atoms with Crippen LogP contribution in [0.25, 0.3) is 11.0 Å². The number of aryl methyl sites for hydroxylation is 2. The average molecular weight is 392 g/mol. The second-order valence-corrected chi connectivity index (χ2v) is 6.94. The Bertz CT molecular complexity index is 1050. The molecule has 0 atom stereocenters. The van der Waals surface area contributed by atoms with Gasteiger partial charge in [0, 0.05) is 24.4 Å². The predicted molar refractivity (Wildman–Crippen MR) is 95.8 cm³/mol. The highest BCUT2D eigenvalue weighted by Gasteiger charge is 2.37. The van der Waals surface area contributed by atoms with Gasteiger partial charge in [0.15, 0.2) is 5.65 Å². The van der Waals surface area contributed by atoms with Crippen molar-refractivity contribution in [2.24, 2.45) is 0 Å². The molecule has 0 unspecified atom stereocenters. The maximum absolute atomic E-state index is 13.6. The van der Waals surface area contributed by atoms with E-state index in [0.29, 0.717) is 17.9 Å². The predicted octanol–water partition coefficient (Wildman–Crippen LogP) is 3.49. The lowest BCUT2D eigenvalue weighted by Crippen LogP contribution is -2.20. The van der Waals surface area contributed by atoms with Gasteiger partial charge in [-0.25, -0.2) is 9.67 Å². The smallest absolute Gasteiger partial charge is 0.322 e. The number of aromatic nitrogens is 5. The van der Waals surface area contributed by atoms with Crippen molar-refractivity contribution in [3.05, 3.63) is 35.4 Å². The zero-order valence-electron chi connectivity index (χ0n) is 15.4. The molecule has 10 heteroatoms. The maximum Gasteiger partial charge on any atom is 0.417 e. The molecule has 0 saturated heterocycles. The van der Waals surface area contributed by atoms with E-state index >= 15 is 0 Å². The van der Waals surface area contributed by atoms with E-state index in [4.69, 9.17) is 0 Å². The maximum atomic E-state index is 13.6. The van der Waals surface area contributed by atoms with E-state index in [-0.39, 0.29) is 29.2 Å². The van der Waals surface area contributed by atoms with Crippen molar-refractivity contribution in [3.63, 3.8) is 0 Å². The van der Waals surface area contributed by atoms with Crippen molar-refractivity contribution < 1.29 is 18.0 Å². The number of nitrogens with zero attached hydrogens (tertiary/aromatic N) is 5. The second kappa shape index (κ2) is 6.61. The molecule has 28 heavy (non-hydrogen) atoms. The average Bonchev–Trinajstić information content (AvgIpc) is 3.31. The molecule has 0 spiro atoms. The van der Waals surface area contributed by atoms with Crippen molar-refractivity contribution in [1.29, 1.82) is 0 Å². The monoisotopic (exact) mass is 392 g/mol. The highest BCUT2D eigenvalue weighted by Crippen LogP contribution is 2.43. The van der Waals surface area contributed by atoms with Crippen LogP contribution in [0.1, 0.15) is 42.6 Å². The molecule has 3 heterocycles. The molecule has 0 aliphatic heterocycles. The van der Waals surface area contributed by atoms with Gasteiger partial charge < -0.3 is 5.32 Å². The van der Waals surface area contributed by atoms with Crippen LogP contribution in [-0.2, 0) is 24.1 Å². The number of rotatable bonds is 5. The number of nitrogens with one attached hydrogen (secondary N) is 1. The van der Waals surface area contributed by atoms with E-state index in [2.05, 4.69) is 20.5 Å². The van der Waals surface area contributed by atoms with Gasteiger partial charge >= 0.3 is 6.18 Å². The van der Waals surface area contributed by atoms with Gasteiger partial charge in [-0.2, -0.15) is 23.4 Å². The number of halogens is 3. The Morgan fingerprint density at radius 3 is 2.71 bits per heavy atom. The molecule has 7 nitrogen and oxygen atoms in total. The fourth-order valence-corrected chi connectivity index (χ4v) is 3.23. The van der Waals surface area contributed by atoms with Crippen LogP contribution in [0.2, 0.25) is 0 Å². The summed E-state index contributed by atoms with van der Waals surface area (Å²) in [4.78, 5) is 16.8. The van der Waals surface area contributed by atoms with Gasteiger partial charge in [-0.3, -0.25) is 9.48 Å². The minimum Gasteiger partial charge on any atom is -0.322 e. The summed E-state index contributed by atoms with van der Waals surface area (Å²) in [6, 6.07) is 1.12. The van der Waals surface area contributed by atoms with Crippen LogP contribution in [-0.4, -0.2) is 30.5 Å². The first-order valence-corrected chi connectivity index (χ1v) is 9.03. The molecule has 1 N–H and O–H groups in total. The molecule has 1 aliphatic carbocycles. The summed E-state index contributed by atoms with van der Waals surface area (Å²) in [5.74, 6) is -0.366. The first-order valence-electron chi connectivity index (χ1n) is 9.03. The van der Waals surface area contributed by atoms with Gasteiger partial charge in [-0.1, -0.05) is 0 Å². The van der Waals surface area contributed by atoms with Gasteiger partial charge in [-0.05, 0) is 32.8 Å². The van der Waals surface area contributed by atoms with Crippen molar-refractivity contribution in [2.45, 2.75) is 51.9 Å². The molecule has 1 saturated carbocycles. The summed E-state index contributed by atoms with van der Waals surface area (Å²) in [7, 11) is 0. The van der Waals surface area contributed by atoms with Crippen LogP contribution >= 0.6 is 0 Å². The Kier molecular flexibility index (Phi) is 4.35. The number of anilines is 1. The van der Waals surface area contributed by atoms with E-state index in [0.717, 1.165) is 18.9 Å². The molecular weight excluding hydrogens is 373 g/mol. The lowest BCUT2D eigenvalue weighted by molar-refractivity contribution is -0.136. The topological polar surface area (TPSA) is 77.6 Å². The van der Waals surface area contributed by atoms with Gasteiger partial charge in [0.2, 0.25) is 5.91 Å². The van der Waals surface area contributed by atoms with E-state index in [9.17, 15) is 18.0 Å². The van der Waals surface area contributed by atoms with Gasteiger partial charge in [0.05, 0.1) is 28.5 Å². The molecule has 0 bridgehead atoms. The highest BCUT2D eigenvalue weighted by molar-refractivity contribution is 5.91. The third kappa shape index (κ3) is 3.46. The standard InChI is InChI=1S/C18H19F3N6O/c1-3-26-8-12(7-22-26)23-15(28)9-27-17-16(10(2)25-27)13(18(19,20)21)6-14(24-17)11-4-5-11/h6-8,11H,3-5,9H2,1-2H3,(H,23,28). The third-order valence-electron chi connectivity index (χ3n) is 4.73. The SMILES string of the molecule is CCn1cc(NC(=O)Cn2nc(C)c3c(C(F)(F)F)cc(C4CC4)nc32)cn1. The Morgan fingerprint density at radius 1 is 1.36 bits per heavy atom. The van der Waals surface area contributed by atoms with Crippen LogP contribution in [0.5, 0.6) is 0 Å². The number of pyridine rings is 1. The lowest BCUT2D eigenvalue weighted by atomic mass is 10.1. The zero-order valence-corrected chi connectivity index (χ0v) is 15.4. The van der Waals surface area contributed by atoms with Crippen LogP contribution < -0.4 is 5.32 Å². The Balaban J connectivity index is 1.69. The minimum absolute atomic E-state index is 0.0443. The van der Waals surface area contributed by atoms with Gasteiger partial charge in [0.1, 0.15) is 6.54 Å². The van der Waals surface area contributed by atoms with Crippen LogP contribution in [0, 0.1) is 6.92 Å². The number of amides is 1. The van der Waals surface area contributed by atoms with E-state index in [1.54, 1.807) is 10.9 Å². The summed E-state index contributed by atoms with van der Waals surface area (Å²) in [5, 5.41) is 10.9. The number of hydrogen-bond acceptors (Lipinski definition) is 4. The number of fused-ring (bicyclic) bond motifs is 1. The number of alkyl halides is 3. The Morgan fingerprint density at radius 2 is 2.11 bits per heavy atom. The largest absolute Gasteiger partial charge is 0.417 e. The third-order valence-corrected chi connectivity index (χ3v) is 4.73. The molecule has 4 rings (SSSR count). The first-order chi connectivity index (χ1) is 13.3. The summed E-state index contributed by atoms with van der Waals surface area (Å²) < 4.78 is 43.7. The molecule has 1 aliphatic rings. The molecule has 3 aromatic heterocycles. The van der Waals surface area contributed by atoms with Crippen LogP contribution in [0.4, 0.5) is 18.9 Å². The molecule has 148 valence electrons. The molecule has 0 aromatic carbocycles. The Hall–Kier alpha value is -2.91. The van der Waals surface area contributed by atoms with Crippen molar-refractivity contribution in [1.82, 2.24) is 24.5 Å². The lowest BCUT2D eigenvalue weighted by Gasteiger charge is -2.11. The second-order valence-electron chi connectivity index (χ2n) is 6.94. The fourth-order valence-electron chi connectivity index (χ4n) is 3.23. The summed E-state index contributed by atoms with van der Waals surface area (Å²) >= 11 is 0. The number of carbonyl (C=O) groups excluding carboxylic acids is 1. The van der Waals surface area contributed by atoms with E-state index < -0.39 is 17.6 Å². The fraction of sp³-hybridized carbons (Fsp3) is 0.444. The molecular formula is C18H19F3N6O. The van der Waals surface area contributed by atoms with Crippen molar-refractivity contribution in [2.75, 3.05) is 5.32 Å². The zero-order chi connectivity index (χ0) is 20.1. The van der Waals surface area contributed by atoms with Crippen LogP contribution in [0.15, 0.2) is 18.5 Å². The van der Waals surface area contributed by atoms with E-state index in [1.807, 2.05) is 6.92 Å². The summed E-state index contributed by atoms with van der Waals surface area (Å²) in [6.45, 7) is 3.83. The van der Waals surface area contributed by atoms with Crippen LogP contribution in [0.3, 0.4) is 0 Å². The molecule has 1 amide bonds. The van der Waals surface area contributed by atoms with Gasteiger partial charge in [-0.15, -0.1) is 0 Å².